The predicted octanol–water partition coefficient (Wildman–Crippen LogP) is 4.97. The number of carbonyl (C=O) groups is 1. The van der Waals surface area contributed by atoms with Crippen molar-refractivity contribution in [1.82, 2.24) is 9.88 Å². The van der Waals surface area contributed by atoms with E-state index in [1.54, 1.807) is 13.2 Å². The summed E-state index contributed by atoms with van der Waals surface area (Å²) in [6, 6.07) is 14.5. The zero-order valence-electron chi connectivity index (χ0n) is 16.7. The first-order chi connectivity index (χ1) is 14.1. The van der Waals surface area contributed by atoms with Crippen LogP contribution in [0.5, 0.6) is 5.75 Å². The molecule has 1 atom stereocenters. The summed E-state index contributed by atoms with van der Waals surface area (Å²) in [5, 5.41) is 0.855. The van der Waals surface area contributed by atoms with Crippen molar-refractivity contribution in [3.63, 3.8) is 0 Å². The second-order valence-electron chi connectivity index (χ2n) is 7.54. The van der Waals surface area contributed by atoms with E-state index in [0.29, 0.717) is 11.2 Å². The molecule has 0 aliphatic carbocycles. The van der Waals surface area contributed by atoms with Crippen LogP contribution in [0.2, 0.25) is 0 Å². The number of Topliss-reactive ketones (excluding diaryl/α,β-unsaturated/α-hetero) is 1. The lowest BCUT2D eigenvalue weighted by Crippen LogP contribution is -2.38. The number of likely N-dealkylation sites (tertiary alicyclic amines) is 1. The summed E-state index contributed by atoms with van der Waals surface area (Å²) in [5.74, 6) is 0.494. The molecule has 1 fully saturated rings. The molecule has 3 aromatic rings. The van der Waals surface area contributed by atoms with Gasteiger partial charge in [-0.05, 0) is 67.4 Å². The van der Waals surface area contributed by atoms with Crippen LogP contribution in [-0.2, 0) is 6.54 Å². The molecule has 2 heterocycles. The third-order valence-electron chi connectivity index (χ3n) is 5.69. The van der Waals surface area contributed by atoms with Crippen LogP contribution in [0.15, 0.2) is 60.2 Å². The number of piperidine rings is 1. The van der Waals surface area contributed by atoms with Gasteiger partial charge in [-0.2, -0.15) is 0 Å². The van der Waals surface area contributed by atoms with Crippen molar-refractivity contribution in [2.24, 2.45) is 5.92 Å². The minimum Gasteiger partial charge on any atom is -0.497 e. The molecule has 150 valence electrons. The molecule has 1 N–H and O–H groups in total. The zero-order chi connectivity index (χ0) is 20.4. The third kappa shape index (κ3) is 4.10. The van der Waals surface area contributed by atoms with Gasteiger partial charge in [0.05, 0.1) is 12.8 Å². The van der Waals surface area contributed by atoms with Crippen molar-refractivity contribution in [2.45, 2.75) is 19.9 Å². The van der Waals surface area contributed by atoms with Gasteiger partial charge in [0, 0.05) is 29.9 Å². The number of halogens is 1. The number of fused-ring (bicyclic) bond motifs is 1. The first kappa shape index (κ1) is 19.4. The highest BCUT2D eigenvalue weighted by atomic mass is 19.1. The van der Waals surface area contributed by atoms with Crippen LogP contribution < -0.4 is 4.74 Å². The number of rotatable bonds is 5. The number of nitrogens with zero attached hydrogens (tertiary/aromatic N) is 1. The van der Waals surface area contributed by atoms with E-state index in [9.17, 15) is 9.18 Å². The molecule has 0 saturated carbocycles. The number of hydrogen-bond acceptors (Lipinski definition) is 3. The van der Waals surface area contributed by atoms with Crippen molar-refractivity contribution in [1.29, 1.82) is 0 Å². The Morgan fingerprint density at radius 2 is 2.03 bits per heavy atom. The zero-order valence-corrected chi connectivity index (χ0v) is 16.7. The molecular formula is C24H25FN2O2. The Hall–Kier alpha value is -2.92. The summed E-state index contributed by atoms with van der Waals surface area (Å²) in [4.78, 5) is 18.6. The molecule has 1 aromatic heterocycles. The van der Waals surface area contributed by atoms with Crippen LogP contribution in [0.25, 0.3) is 10.9 Å². The number of hydrogen-bond donors (Lipinski definition) is 1. The number of allylic oxidation sites excluding steroid dienone is 1. The number of H-pyrrole nitrogens is 1. The fraction of sp³-hybridized carbons (Fsp3) is 0.292. The molecular weight excluding hydrogens is 367 g/mol. The van der Waals surface area contributed by atoms with Crippen molar-refractivity contribution < 1.29 is 13.9 Å². The van der Waals surface area contributed by atoms with Gasteiger partial charge in [-0.25, -0.2) is 4.39 Å². The third-order valence-corrected chi connectivity index (χ3v) is 5.69. The fourth-order valence-corrected chi connectivity index (χ4v) is 4.08. The van der Waals surface area contributed by atoms with Gasteiger partial charge in [-0.1, -0.05) is 18.2 Å². The first-order valence-corrected chi connectivity index (χ1v) is 9.90. The quantitative estimate of drug-likeness (QED) is 0.493. The molecule has 1 aliphatic heterocycles. The number of ether oxygens (including phenoxy) is 1. The lowest BCUT2D eigenvalue weighted by molar-refractivity contribution is 0.0893. The van der Waals surface area contributed by atoms with Crippen LogP contribution in [0, 0.1) is 11.7 Å². The Balaban J connectivity index is 1.47. The molecule has 0 radical (unpaired) electrons. The second-order valence-corrected chi connectivity index (χ2v) is 7.54. The normalized spacial score (nSPS) is 19.0. The number of ketones is 1. The summed E-state index contributed by atoms with van der Waals surface area (Å²) in [6.45, 7) is 4.46. The van der Waals surface area contributed by atoms with E-state index < -0.39 is 0 Å². The summed E-state index contributed by atoms with van der Waals surface area (Å²) in [7, 11) is 1.67. The molecule has 2 aromatic carbocycles. The van der Waals surface area contributed by atoms with E-state index in [1.165, 1.54) is 17.7 Å². The largest absolute Gasteiger partial charge is 0.497 e. The average Bonchev–Trinajstić information content (AvgIpc) is 3.17. The van der Waals surface area contributed by atoms with Gasteiger partial charge in [0.2, 0.25) is 0 Å². The average molecular weight is 392 g/mol. The Bertz CT molecular complexity index is 1050. The standard InChI is InChI=1S/C24H25FN2O2/c1-3-17-15-27(14-16-4-8-20(29-2)9-5-16)11-10-21(17)24(28)23-12-18-6-7-19(25)13-22(18)26-23/h3-9,12-13,21,26H,10-11,14-15H2,1-2H3/b17-3-/t21-/m1/s1. The number of aromatic amines is 1. The van der Waals surface area contributed by atoms with Crippen LogP contribution in [0.4, 0.5) is 4.39 Å². The molecule has 1 saturated heterocycles. The van der Waals surface area contributed by atoms with Crippen molar-refractivity contribution in [3.05, 3.63) is 77.3 Å². The lowest BCUT2D eigenvalue weighted by Gasteiger charge is -2.33. The second kappa shape index (κ2) is 8.21. The number of nitrogens with one attached hydrogen (secondary N) is 1. The topological polar surface area (TPSA) is 45.3 Å². The Kier molecular flexibility index (Phi) is 5.49. The Labute approximate surface area is 170 Å². The maximum Gasteiger partial charge on any atom is 0.186 e. The Morgan fingerprint density at radius 3 is 2.76 bits per heavy atom. The maximum absolute atomic E-state index is 13.5. The smallest absolute Gasteiger partial charge is 0.186 e. The number of carbonyl (C=O) groups excluding carboxylic acids is 1. The highest BCUT2D eigenvalue weighted by molar-refractivity contribution is 6.02. The fourth-order valence-electron chi connectivity index (χ4n) is 4.08. The lowest BCUT2D eigenvalue weighted by atomic mass is 9.86. The van der Waals surface area contributed by atoms with Gasteiger partial charge in [0.15, 0.2) is 5.78 Å². The van der Waals surface area contributed by atoms with Crippen molar-refractivity contribution in [3.8, 4) is 5.75 Å². The molecule has 4 rings (SSSR count). The molecule has 0 bridgehead atoms. The van der Waals surface area contributed by atoms with Gasteiger partial charge in [0.1, 0.15) is 11.6 Å². The Morgan fingerprint density at radius 1 is 1.24 bits per heavy atom. The molecule has 1 aliphatic rings. The van der Waals surface area contributed by atoms with Gasteiger partial charge >= 0.3 is 0 Å². The molecule has 0 unspecified atom stereocenters. The van der Waals surface area contributed by atoms with E-state index in [4.69, 9.17) is 4.74 Å². The van der Waals surface area contributed by atoms with Gasteiger partial charge in [-0.15, -0.1) is 0 Å². The number of aromatic nitrogens is 1. The summed E-state index contributed by atoms with van der Waals surface area (Å²) < 4.78 is 18.7. The van der Waals surface area contributed by atoms with E-state index in [0.717, 1.165) is 42.8 Å². The molecule has 5 heteroatoms. The molecule has 29 heavy (non-hydrogen) atoms. The van der Waals surface area contributed by atoms with Crippen molar-refractivity contribution >= 4 is 16.7 Å². The molecule has 0 amide bonds. The predicted molar refractivity (Wildman–Crippen MR) is 113 cm³/mol. The van der Waals surface area contributed by atoms with Crippen LogP contribution >= 0.6 is 0 Å². The summed E-state index contributed by atoms with van der Waals surface area (Å²) in [5.41, 5.74) is 3.58. The first-order valence-electron chi connectivity index (χ1n) is 9.90. The van der Waals surface area contributed by atoms with Crippen molar-refractivity contribution in [2.75, 3.05) is 20.2 Å². The van der Waals surface area contributed by atoms with E-state index in [-0.39, 0.29) is 17.5 Å². The summed E-state index contributed by atoms with van der Waals surface area (Å²) >= 11 is 0. The van der Waals surface area contributed by atoms with Crippen LogP contribution in [0.1, 0.15) is 29.4 Å². The SMILES string of the molecule is C/C=C1/CN(Cc2ccc(OC)cc2)CC[C@H]1C(=O)c1cc2ccc(F)cc2[nH]1. The van der Waals surface area contributed by atoms with Gasteiger partial charge in [-0.3, -0.25) is 9.69 Å². The molecule has 4 nitrogen and oxygen atoms in total. The minimum absolute atomic E-state index is 0.0822. The highest BCUT2D eigenvalue weighted by Crippen LogP contribution is 2.29. The number of benzene rings is 2. The monoisotopic (exact) mass is 392 g/mol. The van der Waals surface area contributed by atoms with Crippen LogP contribution in [0.3, 0.4) is 0 Å². The highest BCUT2D eigenvalue weighted by Gasteiger charge is 2.30. The maximum atomic E-state index is 13.5. The van der Waals surface area contributed by atoms with Gasteiger partial charge < -0.3 is 9.72 Å². The number of methoxy groups -OCH3 is 1. The van der Waals surface area contributed by atoms with Gasteiger partial charge in [0.25, 0.3) is 0 Å². The van der Waals surface area contributed by atoms with E-state index >= 15 is 0 Å². The van der Waals surface area contributed by atoms with E-state index in [1.807, 2.05) is 25.1 Å². The molecule has 0 spiro atoms. The minimum atomic E-state index is -0.306. The van der Waals surface area contributed by atoms with E-state index in [2.05, 4.69) is 28.1 Å². The van der Waals surface area contributed by atoms with Crippen LogP contribution in [-0.4, -0.2) is 35.9 Å². The summed E-state index contributed by atoms with van der Waals surface area (Å²) in [6.07, 6.45) is 2.84.